The number of benzene rings is 1. The minimum atomic E-state index is 1.26. The van der Waals surface area contributed by atoms with E-state index in [1.54, 1.807) is 11.1 Å². The van der Waals surface area contributed by atoms with Gasteiger partial charge in [0.2, 0.25) is 0 Å². The summed E-state index contributed by atoms with van der Waals surface area (Å²) in [7, 11) is 0. The van der Waals surface area contributed by atoms with E-state index in [2.05, 4.69) is 23.1 Å². The van der Waals surface area contributed by atoms with E-state index in [-0.39, 0.29) is 0 Å². The van der Waals surface area contributed by atoms with Gasteiger partial charge in [-0.25, -0.2) is 0 Å². The number of nitrogens with zero attached hydrogens (tertiary/aromatic N) is 1. The lowest BCUT2D eigenvalue weighted by molar-refractivity contribution is 0.911. The molecule has 1 fully saturated rings. The maximum Gasteiger partial charge on any atom is 0.0369 e. The SMILES string of the molecule is c1cc2c(cc1N1CCCC1)CCC2. The van der Waals surface area contributed by atoms with Crippen molar-refractivity contribution in [3.8, 4) is 0 Å². The van der Waals surface area contributed by atoms with E-state index in [0.29, 0.717) is 0 Å². The lowest BCUT2D eigenvalue weighted by Crippen LogP contribution is -2.17. The zero-order valence-electron chi connectivity index (χ0n) is 8.63. The van der Waals surface area contributed by atoms with Crippen molar-refractivity contribution < 1.29 is 0 Å². The average molecular weight is 187 g/mol. The van der Waals surface area contributed by atoms with Gasteiger partial charge >= 0.3 is 0 Å². The Labute approximate surface area is 85.7 Å². The number of hydrogen-bond donors (Lipinski definition) is 0. The third kappa shape index (κ3) is 1.31. The number of fused-ring (bicyclic) bond motifs is 1. The molecule has 0 atom stereocenters. The minimum Gasteiger partial charge on any atom is -0.372 e. The van der Waals surface area contributed by atoms with Crippen LogP contribution >= 0.6 is 0 Å². The standard InChI is InChI=1S/C13H17N/c1-2-9-14(8-1)13-7-6-11-4-3-5-12(11)10-13/h6-7,10H,1-5,8-9H2. The highest BCUT2D eigenvalue weighted by Crippen LogP contribution is 2.28. The van der Waals surface area contributed by atoms with Crippen molar-refractivity contribution in [2.45, 2.75) is 32.1 Å². The normalized spacial score (nSPS) is 20.1. The molecule has 3 rings (SSSR count). The average Bonchev–Trinajstić information content (AvgIpc) is 2.88. The van der Waals surface area contributed by atoms with Crippen molar-refractivity contribution in [2.75, 3.05) is 18.0 Å². The van der Waals surface area contributed by atoms with Gasteiger partial charge in [0.1, 0.15) is 0 Å². The maximum absolute atomic E-state index is 2.53. The molecular formula is C13H17N. The van der Waals surface area contributed by atoms with Gasteiger partial charge in [0.25, 0.3) is 0 Å². The van der Waals surface area contributed by atoms with Crippen LogP contribution in [0.3, 0.4) is 0 Å². The number of hydrogen-bond acceptors (Lipinski definition) is 1. The van der Waals surface area contributed by atoms with Crippen molar-refractivity contribution in [3.63, 3.8) is 0 Å². The fourth-order valence-corrected chi connectivity index (χ4v) is 2.73. The van der Waals surface area contributed by atoms with Crippen molar-refractivity contribution in [1.29, 1.82) is 0 Å². The molecule has 2 aliphatic rings. The van der Waals surface area contributed by atoms with Crippen LogP contribution in [0.4, 0.5) is 5.69 Å². The Kier molecular flexibility index (Phi) is 1.97. The predicted molar refractivity (Wildman–Crippen MR) is 59.9 cm³/mol. The Balaban J connectivity index is 1.91. The van der Waals surface area contributed by atoms with Crippen LogP contribution in [-0.4, -0.2) is 13.1 Å². The summed E-state index contributed by atoms with van der Waals surface area (Å²) in [5.41, 5.74) is 4.66. The van der Waals surface area contributed by atoms with Crippen LogP contribution in [0.25, 0.3) is 0 Å². The zero-order valence-corrected chi connectivity index (χ0v) is 8.63. The number of anilines is 1. The lowest BCUT2D eigenvalue weighted by atomic mass is 10.1. The van der Waals surface area contributed by atoms with Gasteiger partial charge in [0.05, 0.1) is 0 Å². The molecule has 14 heavy (non-hydrogen) atoms. The second-order valence-electron chi connectivity index (χ2n) is 4.50. The third-order valence-electron chi connectivity index (χ3n) is 3.55. The number of rotatable bonds is 1. The van der Waals surface area contributed by atoms with E-state index < -0.39 is 0 Å². The van der Waals surface area contributed by atoms with Gasteiger partial charge in [-0.2, -0.15) is 0 Å². The smallest absolute Gasteiger partial charge is 0.0369 e. The summed E-state index contributed by atoms with van der Waals surface area (Å²) in [6.07, 6.45) is 6.71. The van der Waals surface area contributed by atoms with Crippen LogP contribution < -0.4 is 4.90 Å². The molecule has 0 amide bonds. The molecule has 1 aliphatic carbocycles. The van der Waals surface area contributed by atoms with E-state index in [9.17, 15) is 0 Å². The molecule has 0 saturated carbocycles. The summed E-state index contributed by atoms with van der Waals surface area (Å²) in [4.78, 5) is 2.53. The summed E-state index contributed by atoms with van der Waals surface area (Å²) in [6, 6.07) is 7.08. The molecule has 1 nitrogen and oxygen atoms in total. The van der Waals surface area contributed by atoms with E-state index >= 15 is 0 Å². The van der Waals surface area contributed by atoms with E-state index in [4.69, 9.17) is 0 Å². The van der Waals surface area contributed by atoms with Crippen LogP contribution in [0.15, 0.2) is 18.2 Å². The molecule has 0 spiro atoms. The molecule has 74 valence electrons. The van der Waals surface area contributed by atoms with Crippen LogP contribution in [0.2, 0.25) is 0 Å². The second-order valence-corrected chi connectivity index (χ2v) is 4.50. The summed E-state index contributed by atoms with van der Waals surface area (Å²) >= 11 is 0. The Hall–Kier alpha value is -0.980. The molecule has 0 unspecified atom stereocenters. The maximum atomic E-state index is 2.53. The van der Waals surface area contributed by atoms with Crippen molar-refractivity contribution in [2.24, 2.45) is 0 Å². The molecular weight excluding hydrogens is 170 g/mol. The van der Waals surface area contributed by atoms with Crippen LogP contribution in [0.1, 0.15) is 30.4 Å². The van der Waals surface area contributed by atoms with Crippen molar-refractivity contribution in [1.82, 2.24) is 0 Å². The van der Waals surface area contributed by atoms with Crippen LogP contribution in [0, 0.1) is 0 Å². The van der Waals surface area contributed by atoms with Crippen LogP contribution in [0.5, 0.6) is 0 Å². The minimum absolute atomic E-state index is 1.26. The molecule has 1 aromatic carbocycles. The van der Waals surface area contributed by atoms with Crippen molar-refractivity contribution >= 4 is 5.69 Å². The monoisotopic (exact) mass is 187 g/mol. The molecule has 1 heterocycles. The fraction of sp³-hybridized carbons (Fsp3) is 0.538. The zero-order chi connectivity index (χ0) is 9.38. The molecule has 1 aliphatic heterocycles. The molecule has 0 bridgehead atoms. The fourth-order valence-electron chi connectivity index (χ4n) is 2.73. The topological polar surface area (TPSA) is 3.24 Å². The molecule has 0 aromatic heterocycles. The summed E-state index contributed by atoms with van der Waals surface area (Å²) in [5.74, 6) is 0. The molecule has 1 heteroatoms. The summed E-state index contributed by atoms with van der Waals surface area (Å²) < 4.78 is 0. The van der Waals surface area contributed by atoms with Gasteiger partial charge in [-0.15, -0.1) is 0 Å². The predicted octanol–water partition coefficient (Wildman–Crippen LogP) is 2.78. The van der Waals surface area contributed by atoms with Gasteiger partial charge in [-0.05, 0) is 55.4 Å². The molecule has 0 N–H and O–H groups in total. The van der Waals surface area contributed by atoms with Gasteiger partial charge < -0.3 is 4.90 Å². The molecule has 1 aromatic rings. The first-order valence-corrected chi connectivity index (χ1v) is 5.80. The first-order chi connectivity index (χ1) is 6.93. The van der Waals surface area contributed by atoms with Gasteiger partial charge in [-0.1, -0.05) is 6.07 Å². The Morgan fingerprint density at radius 3 is 2.50 bits per heavy atom. The van der Waals surface area contributed by atoms with Crippen molar-refractivity contribution in [3.05, 3.63) is 29.3 Å². The highest BCUT2D eigenvalue weighted by molar-refractivity contribution is 5.52. The largest absolute Gasteiger partial charge is 0.372 e. The summed E-state index contributed by atoms with van der Waals surface area (Å²) in [5, 5.41) is 0. The van der Waals surface area contributed by atoms with Gasteiger partial charge in [0.15, 0.2) is 0 Å². The highest BCUT2D eigenvalue weighted by atomic mass is 15.1. The first kappa shape index (κ1) is 8.34. The first-order valence-electron chi connectivity index (χ1n) is 5.80. The lowest BCUT2D eigenvalue weighted by Gasteiger charge is -2.18. The van der Waals surface area contributed by atoms with E-state index in [1.165, 1.54) is 50.9 Å². The van der Waals surface area contributed by atoms with Gasteiger partial charge in [-0.3, -0.25) is 0 Å². The van der Waals surface area contributed by atoms with Crippen LogP contribution in [-0.2, 0) is 12.8 Å². The second kappa shape index (κ2) is 3.30. The molecule has 0 radical (unpaired) electrons. The molecule has 1 saturated heterocycles. The van der Waals surface area contributed by atoms with E-state index in [1.807, 2.05) is 0 Å². The third-order valence-corrected chi connectivity index (χ3v) is 3.55. The quantitative estimate of drug-likeness (QED) is 0.653. The Bertz CT molecular complexity index is 337. The Morgan fingerprint density at radius 1 is 0.857 bits per heavy atom. The Morgan fingerprint density at radius 2 is 1.64 bits per heavy atom. The van der Waals surface area contributed by atoms with Gasteiger partial charge in [0, 0.05) is 18.8 Å². The number of aryl methyl sites for hydroxylation is 2. The highest BCUT2D eigenvalue weighted by Gasteiger charge is 2.15. The van der Waals surface area contributed by atoms with E-state index in [0.717, 1.165) is 0 Å². The summed E-state index contributed by atoms with van der Waals surface area (Å²) in [6.45, 7) is 2.53.